The van der Waals surface area contributed by atoms with E-state index in [0.717, 1.165) is 11.1 Å². The van der Waals surface area contributed by atoms with Crippen molar-refractivity contribution in [3.63, 3.8) is 0 Å². The van der Waals surface area contributed by atoms with Crippen LogP contribution in [0.3, 0.4) is 0 Å². The average molecular weight is 435 g/mol. The van der Waals surface area contributed by atoms with Gasteiger partial charge in [0.05, 0.1) is 30.0 Å². The van der Waals surface area contributed by atoms with Gasteiger partial charge in [-0.1, -0.05) is 29.3 Å². The third-order valence-corrected chi connectivity index (χ3v) is 5.28. The van der Waals surface area contributed by atoms with Crippen LogP contribution in [0, 0.1) is 0 Å². The summed E-state index contributed by atoms with van der Waals surface area (Å²) in [5, 5.41) is 5.96. The van der Waals surface area contributed by atoms with Gasteiger partial charge >= 0.3 is 0 Å². The summed E-state index contributed by atoms with van der Waals surface area (Å²) in [5.41, 5.74) is 2.24. The van der Waals surface area contributed by atoms with Crippen LogP contribution in [0.15, 0.2) is 47.9 Å². The third-order valence-electron chi connectivity index (χ3n) is 3.79. The Labute approximate surface area is 176 Å². The van der Waals surface area contributed by atoms with E-state index in [1.165, 1.54) is 17.4 Å². The molecule has 0 aliphatic rings. The Bertz CT molecular complexity index is 1030. The summed E-state index contributed by atoms with van der Waals surface area (Å²) in [6.45, 7) is 0. The molecule has 0 aliphatic carbocycles. The number of benzene rings is 2. The van der Waals surface area contributed by atoms with Gasteiger partial charge in [-0.25, -0.2) is 4.98 Å². The minimum absolute atomic E-state index is 0.301. The number of ether oxygens (including phenoxy) is 2. The first-order valence-corrected chi connectivity index (χ1v) is 9.75. The summed E-state index contributed by atoms with van der Waals surface area (Å²) >= 11 is 13.2. The molecule has 0 atom stereocenters. The van der Waals surface area contributed by atoms with E-state index in [4.69, 9.17) is 32.7 Å². The number of nitrogens with one attached hydrogen (secondary N) is 1. The van der Waals surface area contributed by atoms with Gasteiger partial charge in [0, 0.05) is 17.0 Å². The molecule has 0 spiro atoms. The topological polar surface area (TPSA) is 60.5 Å². The first-order chi connectivity index (χ1) is 13.5. The number of nitrogens with zero attached hydrogens (tertiary/aromatic N) is 1. The van der Waals surface area contributed by atoms with Crippen LogP contribution in [-0.4, -0.2) is 25.1 Å². The number of thiazole rings is 1. The molecule has 0 saturated carbocycles. The number of carbonyl (C=O) groups is 1. The summed E-state index contributed by atoms with van der Waals surface area (Å²) in [4.78, 5) is 16.6. The molecule has 0 fully saturated rings. The van der Waals surface area contributed by atoms with E-state index >= 15 is 0 Å². The van der Waals surface area contributed by atoms with E-state index in [1.807, 2.05) is 23.6 Å². The van der Waals surface area contributed by atoms with Crippen LogP contribution in [0.4, 0.5) is 5.13 Å². The predicted octanol–water partition coefficient (Wildman–Crippen LogP) is 5.79. The van der Waals surface area contributed by atoms with Gasteiger partial charge in [0.15, 0.2) is 5.13 Å². The summed E-state index contributed by atoms with van der Waals surface area (Å²) in [6, 6.07) is 10.6. The largest absolute Gasteiger partial charge is 0.497 e. The van der Waals surface area contributed by atoms with E-state index in [1.54, 1.807) is 38.5 Å². The van der Waals surface area contributed by atoms with Crippen molar-refractivity contribution in [3.8, 4) is 22.8 Å². The molecule has 2 aromatic carbocycles. The van der Waals surface area contributed by atoms with Gasteiger partial charge in [0.2, 0.25) is 5.91 Å². The van der Waals surface area contributed by atoms with Crippen molar-refractivity contribution >= 4 is 51.7 Å². The zero-order chi connectivity index (χ0) is 20.1. The molecular formula is C20H16Cl2N2O3S. The van der Waals surface area contributed by atoms with Crippen LogP contribution < -0.4 is 14.8 Å². The molecule has 0 unspecified atom stereocenters. The van der Waals surface area contributed by atoms with Crippen molar-refractivity contribution in [2.24, 2.45) is 0 Å². The highest BCUT2D eigenvalue weighted by Crippen LogP contribution is 2.35. The minimum atomic E-state index is -0.301. The van der Waals surface area contributed by atoms with E-state index < -0.39 is 0 Å². The van der Waals surface area contributed by atoms with Crippen molar-refractivity contribution in [2.45, 2.75) is 0 Å². The number of carbonyl (C=O) groups excluding carboxylic acids is 1. The Balaban J connectivity index is 1.73. The highest BCUT2D eigenvalue weighted by Gasteiger charge is 2.12. The summed E-state index contributed by atoms with van der Waals surface area (Å²) in [5.74, 6) is 1.06. The number of halogens is 2. The molecule has 0 bridgehead atoms. The highest BCUT2D eigenvalue weighted by atomic mass is 35.5. The van der Waals surface area contributed by atoms with Gasteiger partial charge in [0.25, 0.3) is 0 Å². The fraction of sp³-hybridized carbons (Fsp3) is 0.100. The number of methoxy groups -OCH3 is 2. The van der Waals surface area contributed by atoms with Gasteiger partial charge in [-0.15, -0.1) is 11.3 Å². The maximum Gasteiger partial charge on any atom is 0.250 e. The van der Waals surface area contributed by atoms with E-state index in [0.29, 0.717) is 32.4 Å². The van der Waals surface area contributed by atoms with Crippen molar-refractivity contribution in [1.82, 2.24) is 4.98 Å². The van der Waals surface area contributed by atoms with Gasteiger partial charge in [-0.05, 0) is 42.0 Å². The third kappa shape index (κ3) is 4.84. The van der Waals surface area contributed by atoms with Crippen LogP contribution in [0.25, 0.3) is 17.3 Å². The van der Waals surface area contributed by atoms with Crippen LogP contribution in [0.5, 0.6) is 11.5 Å². The zero-order valence-corrected chi connectivity index (χ0v) is 17.4. The molecule has 0 saturated heterocycles. The number of amides is 1. The first-order valence-electron chi connectivity index (χ1n) is 8.12. The smallest absolute Gasteiger partial charge is 0.250 e. The monoisotopic (exact) mass is 434 g/mol. The molecule has 1 aromatic heterocycles. The summed E-state index contributed by atoms with van der Waals surface area (Å²) in [6.07, 6.45) is 3.06. The van der Waals surface area contributed by atoms with Gasteiger partial charge < -0.3 is 9.47 Å². The lowest BCUT2D eigenvalue weighted by Crippen LogP contribution is -2.07. The number of anilines is 1. The molecule has 3 aromatic rings. The number of hydrogen-bond donors (Lipinski definition) is 1. The van der Waals surface area contributed by atoms with Crippen LogP contribution in [-0.2, 0) is 4.79 Å². The predicted molar refractivity (Wildman–Crippen MR) is 115 cm³/mol. The maximum atomic E-state index is 12.2. The summed E-state index contributed by atoms with van der Waals surface area (Å²) < 4.78 is 10.6. The fourth-order valence-corrected chi connectivity index (χ4v) is 3.42. The Morgan fingerprint density at radius 2 is 1.93 bits per heavy atom. The first kappa shape index (κ1) is 20.2. The minimum Gasteiger partial charge on any atom is -0.497 e. The second-order valence-corrected chi connectivity index (χ2v) is 7.27. The Morgan fingerprint density at radius 3 is 2.64 bits per heavy atom. The molecule has 1 N–H and O–H groups in total. The molecule has 1 amide bonds. The van der Waals surface area contributed by atoms with Crippen LogP contribution >= 0.6 is 34.5 Å². The second-order valence-electron chi connectivity index (χ2n) is 5.60. The lowest BCUT2D eigenvalue weighted by Gasteiger charge is -2.08. The van der Waals surface area contributed by atoms with Gasteiger partial charge in [0.1, 0.15) is 11.5 Å². The maximum absolute atomic E-state index is 12.2. The molecule has 144 valence electrons. The molecular weight excluding hydrogens is 419 g/mol. The number of hydrogen-bond acceptors (Lipinski definition) is 5. The molecule has 5 nitrogen and oxygen atoms in total. The van der Waals surface area contributed by atoms with Crippen molar-refractivity contribution in [1.29, 1.82) is 0 Å². The average Bonchev–Trinajstić information content (AvgIpc) is 3.16. The van der Waals surface area contributed by atoms with E-state index in [9.17, 15) is 4.79 Å². The molecule has 28 heavy (non-hydrogen) atoms. The molecule has 0 radical (unpaired) electrons. The van der Waals surface area contributed by atoms with Crippen molar-refractivity contribution in [2.75, 3.05) is 19.5 Å². The zero-order valence-electron chi connectivity index (χ0n) is 15.0. The quantitative estimate of drug-likeness (QED) is 0.498. The van der Waals surface area contributed by atoms with Gasteiger partial charge in [-0.3, -0.25) is 10.1 Å². The lowest BCUT2D eigenvalue weighted by molar-refractivity contribution is -0.111. The highest BCUT2D eigenvalue weighted by molar-refractivity contribution is 7.14. The van der Waals surface area contributed by atoms with Crippen molar-refractivity contribution < 1.29 is 14.3 Å². The molecule has 1 heterocycles. The van der Waals surface area contributed by atoms with Crippen LogP contribution in [0.1, 0.15) is 5.56 Å². The van der Waals surface area contributed by atoms with E-state index in [-0.39, 0.29) is 5.91 Å². The normalized spacial score (nSPS) is 10.9. The fourth-order valence-electron chi connectivity index (χ4n) is 2.40. The SMILES string of the molecule is COc1ccc(OC)c(-c2csc(NC(=O)/C=C/c3ccc(Cl)c(Cl)c3)n2)c1. The number of rotatable bonds is 6. The van der Waals surface area contributed by atoms with Gasteiger partial charge in [-0.2, -0.15) is 0 Å². The Kier molecular flexibility index (Phi) is 6.57. The molecule has 3 rings (SSSR count). The Morgan fingerprint density at radius 1 is 1.11 bits per heavy atom. The lowest BCUT2D eigenvalue weighted by atomic mass is 10.1. The second kappa shape index (κ2) is 9.10. The van der Waals surface area contributed by atoms with Crippen molar-refractivity contribution in [3.05, 3.63) is 63.5 Å². The van der Waals surface area contributed by atoms with Crippen LogP contribution in [0.2, 0.25) is 10.0 Å². The Hall–Kier alpha value is -2.54. The standard InChI is InChI=1S/C20H16Cl2N2O3S/c1-26-13-5-7-18(27-2)14(10-13)17-11-28-20(23-17)24-19(25)8-4-12-3-6-15(21)16(22)9-12/h3-11H,1-2H3,(H,23,24,25)/b8-4+. The van der Waals surface area contributed by atoms with E-state index in [2.05, 4.69) is 10.3 Å². The molecule has 0 aliphatic heterocycles. The number of aromatic nitrogens is 1. The summed E-state index contributed by atoms with van der Waals surface area (Å²) in [7, 11) is 3.19. The molecule has 8 heteroatoms.